The van der Waals surface area contributed by atoms with Gasteiger partial charge >= 0.3 is 0 Å². The van der Waals surface area contributed by atoms with Crippen molar-refractivity contribution in [2.45, 2.75) is 6.54 Å². The Morgan fingerprint density at radius 1 is 1.19 bits per heavy atom. The number of nitrogens with one attached hydrogen (secondary N) is 1. The fourth-order valence-electron chi connectivity index (χ4n) is 2.42. The van der Waals surface area contributed by atoms with Crippen LogP contribution >= 0.6 is 0 Å². The number of para-hydroxylation sites is 1. The topological polar surface area (TPSA) is 98.7 Å². The summed E-state index contributed by atoms with van der Waals surface area (Å²) in [5, 5.41) is 6.42. The van der Waals surface area contributed by atoms with Crippen molar-refractivity contribution in [2.75, 3.05) is 5.32 Å². The Bertz CT molecular complexity index is 1080. The number of rotatable bonds is 5. The molecule has 1 N–H and O–H groups in total. The molecule has 0 bridgehead atoms. The van der Waals surface area contributed by atoms with E-state index in [1.54, 1.807) is 47.4 Å². The van der Waals surface area contributed by atoms with Crippen LogP contribution in [-0.4, -0.2) is 30.6 Å². The van der Waals surface area contributed by atoms with E-state index in [1.165, 1.54) is 18.5 Å². The van der Waals surface area contributed by atoms with Gasteiger partial charge in [0.1, 0.15) is 18.1 Å². The summed E-state index contributed by atoms with van der Waals surface area (Å²) in [6.45, 7) is -0.0314. The fourth-order valence-corrected chi connectivity index (χ4v) is 2.42. The molecule has 0 spiro atoms. The zero-order valence-corrected chi connectivity index (χ0v) is 13.9. The highest BCUT2D eigenvalue weighted by Crippen LogP contribution is 2.20. The Kier molecular flexibility index (Phi) is 4.40. The molecule has 4 rings (SSSR count). The minimum Gasteiger partial charge on any atom is -0.334 e. The number of hydrogen-bond donors (Lipinski definition) is 1. The van der Waals surface area contributed by atoms with Gasteiger partial charge < -0.3 is 14.4 Å². The second-order valence-electron chi connectivity index (χ2n) is 5.62. The van der Waals surface area contributed by atoms with E-state index in [0.29, 0.717) is 17.4 Å². The average Bonchev–Trinajstić information content (AvgIpc) is 3.34. The molecular formula is C18H13FN6O2. The molecule has 1 amide bonds. The van der Waals surface area contributed by atoms with Gasteiger partial charge in [-0.2, -0.15) is 4.98 Å². The third-order valence-electron chi connectivity index (χ3n) is 3.69. The first kappa shape index (κ1) is 16.6. The summed E-state index contributed by atoms with van der Waals surface area (Å²) in [5.41, 5.74) is 1.33. The highest BCUT2D eigenvalue weighted by Gasteiger charge is 2.14. The van der Waals surface area contributed by atoms with E-state index < -0.39 is 5.82 Å². The lowest BCUT2D eigenvalue weighted by Gasteiger charge is -2.06. The predicted molar refractivity (Wildman–Crippen MR) is 93.8 cm³/mol. The van der Waals surface area contributed by atoms with Crippen molar-refractivity contribution in [3.05, 3.63) is 67.1 Å². The standard InChI is InChI=1S/C18H13FN6O2/c19-13-3-1-2-4-14(13)22-16(26)10-25-9-15(21-11-25)17-23-18(27-24-17)12-5-7-20-8-6-12/h1-9,11H,10H2,(H,22,26). The van der Waals surface area contributed by atoms with Crippen molar-refractivity contribution in [3.63, 3.8) is 0 Å². The monoisotopic (exact) mass is 364 g/mol. The zero-order valence-electron chi connectivity index (χ0n) is 13.9. The van der Waals surface area contributed by atoms with Crippen LogP contribution in [0.15, 0.2) is 65.8 Å². The predicted octanol–water partition coefficient (Wildman–Crippen LogP) is 2.77. The molecule has 0 saturated carbocycles. The Hall–Kier alpha value is -3.88. The summed E-state index contributed by atoms with van der Waals surface area (Å²) in [6.07, 6.45) is 6.34. The first-order chi connectivity index (χ1) is 13.2. The largest absolute Gasteiger partial charge is 0.334 e. The van der Waals surface area contributed by atoms with Crippen molar-refractivity contribution < 1.29 is 13.7 Å². The number of hydrogen-bond acceptors (Lipinski definition) is 6. The van der Waals surface area contributed by atoms with Crippen molar-refractivity contribution in [1.82, 2.24) is 24.7 Å². The van der Waals surface area contributed by atoms with E-state index in [1.807, 2.05) is 0 Å². The lowest BCUT2D eigenvalue weighted by atomic mass is 10.3. The van der Waals surface area contributed by atoms with E-state index in [4.69, 9.17) is 4.52 Å². The summed E-state index contributed by atoms with van der Waals surface area (Å²) >= 11 is 0. The van der Waals surface area contributed by atoms with Gasteiger partial charge in [0.15, 0.2) is 0 Å². The maximum atomic E-state index is 13.6. The molecule has 3 aromatic heterocycles. The average molecular weight is 364 g/mol. The molecule has 27 heavy (non-hydrogen) atoms. The van der Waals surface area contributed by atoms with E-state index in [9.17, 15) is 9.18 Å². The summed E-state index contributed by atoms with van der Waals surface area (Å²) in [4.78, 5) is 24.5. The van der Waals surface area contributed by atoms with Crippen LogP contribution in [0.4, 0.5) is 10.1 Å². The third-order valence-corrected chi connectivity index (χ3v) is 3.69. The van der Waals surface area contributed by atoms with Crippen LogP contribution < -0.4 is 5.32 Å². The van der Waals surface area contributed by atoms with Gasteiger partial charge in [-0.3, -0.25) is 9.78 Å². The zero-order chi connectivity index (χ0) is 18.6. The van der Waals surface area contributed by atoms with Crippen molar-refractivity contribution >= 4 is 11.6 Å². The van der Waals surface area contributed by atoms with Gasteiger partial charge in [-0.25, -0.2) is 9.37 Å². The van der Waals surface area contributed by atoms with Crippen LogP contribution in [0.3, 0.4) is 0 Å². The van der Waals surface area contributed by atoms with Gasteiger partial charge in [0.2, 0.25) is 11.7 Å². The van der Waals surface area contributed by atoms with Gasteiger partial charge in [-0.05, 0) is 24.3 Å². The molecule has 8 nitrogen and oxygen atoms in total. The third kappa shape index (κ3) is 3.71. The van der Waals surface area contributed by atoms with E-state index >= 15 is 0 Å². The van der Waals surface area contributed by atoms with Crippen molar-refractivity contribution in [1.29, 1.82) is 0 Å². The lowest BCUT2D eigenvalue weighted by Crippen LogP contribution is -2.18. The number of imidazole rings is 1. The Morgan fingerprint density at radius 2 is 2.00 bits per heavy atom. The number of nitrogens with zero attached hydrogens (tertiary/aromatic N) is 5. The highest BCUT2D eigenvalue weighted by atomic mass is 19.1. The molecule has 0 atom stereocenters. The van der Waals surface area contributed by atoms with Crippen LogP contribution in [0, 0.1) is 5.82 Å². The van der Waals surface area contributed by atoms with Crippen LogP contribution in [0.25, 0.3) is 23.0 Å². The van der Waals surface area contributed by atoms with Gasteiger partial charge in [-0.1, -0.05) is 17.3 Å². The molecule has 0 saturated heterocycles. The SMILES string of the molecule is O=C(Cn1cnc(-c2noc(-c3ccncc3)n2)c1)Nc1ccccc1F. The molecule has 3 heterocycles. The minimum absolute atomic E-state index is 0.0314. The lowest BCUT2D eigenvalue weighted by molar-refractivity contribution is -0.116. The Morgan fingerprint density at radius 3 is 2.81 bits per heavy atom. The first-order valence-corrected chi connectivity index (χ1v) is 8.00. The van der Waals surface area contributed by atoms with Gasteiger partial charge in [0, 0.05) is 24.2 Å². The van der Waals surface area contributed by atoms with E-state index in [0.717, 1.165) is 5.56 Å². The van der Waals surface area contributed by atoms with E-state index in [2.05, 4.69) is 25.4 Å². The second-order valence-corrected chi connectivity index (χ2v) is 5.62. The van der Waals surface area contributed by atoms with Gasteiger partial charge in [0.25, 0.3) is 5.89 Å². The Balaban J connectivity index is 1.45. The number of pyridine rings is 1. The van der Waals surface area contributed by atoms with Crippen molar-refractivity contribution in [2.24, 2.45) is 0 Å². The summed E-state index contributed by atoms with van der Waals surface area (Å²) in [6, 6.07) is 9.48. The quantitative estimate of drug-likeness (QED) is 0.585. The van der Waals surface area contributed by atoms with Crippen LogP contribution in [0.5, 0.6) is 0 Å². The summed E-state index contributed by atoms with van der Waals surface area (Å²) in [5.74, 6) is -0.225. The number of amides is 1. The molecule has 0 unspecified atom stereocenters. The smallest absolute Gasteiger partial charge is 0.258 e. The molecule has 0 aliphatic heterocycles. The fraction of sp³-hybridized carbons (Fsp3) is 0.0556. The van der Waals surface area contributed by atoms with Gasteiger partial charge in [-0.15, -0.1) is 0 Å². The molecule has 134 valence electrons. The minimum atomic E-state index is -0.493. The molecule has 1 aromatic carbocycles. The normalized spacial score (nSPS) is 10.7. The molecule has 0 aliphatic rings. The van der Waals surface area contributed by atoms with Crippen LogP contribution in [0.1, 0.15) is 0 Å². The number of carbonyl (C=O) groups is 1. The summed E-state index contributed by atoms with van der Waals surface area (Å²) < 4.78 is 20.4. The van der Waals surface area contributed by atoms with E-state index in [-0.39, 0.29) is 18.1 Å². The number of halogens is 1. The maximum Gasteiger partial charge on any atom is 0.258 e. The second kappa shape index (κ2) is 7.16. The number of aromatic nitrogens is 5. The molecule has 0 aliphatic carbocycles. The first-order valence-electron chi connectivity index (χ1n) is 8.00. The van der Waals surface area contributed by atoms with Gasteiger partial charge in [0.05, 0.1) is 12.0 Å². The molecular weight excluding hydrogens is 351 g/mol. The Labute approximate surface area is 152 Å². The summed E-state index contributed by atoms with van der Waals surface area (Å²) in [7, 11) is 0. The molecule has 4 aromatic rings. The van der Waals surface area contributed by atoms with Crippen molar-refractivity contribution in [3.8, 4) is 23.0 Å². The van der Waals surface area contributed by atoms with Crippen LogP contribution in [0.2, 0.25) is 0 Å². The number of benzene rings is 1. The number of anilines is 1. The van der Waals surface area contributed by atoms with Crippen LogP contribution in [-0.2, 0) is 11.3 Å². The highest BCUT2D eigenvalue weighted by molar-refractivity contribution is 5.90. The number of carbonyl (C=O) groups excluding carboxylic acids is 1. The maximum absolute atomic E-state index is 13.6. The molecule has 0 fully saturated rings. The molecule has 0 radical (unpaired) electrons. The molecule has 9 heteroatoms.